The molecule has 1 nitrogen and oxygen atoms in total. The molecular weight excluding hydrogens is 134 g/mol. The Bertz CT molecular complexity index is 147. The predicted octanol–water partition coefficient (Wildman–Crippen LogP) is 2.29. The molecule has 1 rings (SSSR count). The van der Waals surface area contributed by atoms with E-state index < -0.39 is 0 Å². The molecule has 1 saturated heterocycles. The van der Waals surface area contributed by atoms with Crippen LogP contribution < -0.4 is 0 Å². The average Bonchev–Trinajstić information content (AvgIpc) is 2.26. The van der Waals surface area contributed by atoms with Crippen LogP contribution in [-0.2, 0) is 0 Å². The number of allylic oxidation sites excluding steroid dienone is 1. The Hall–Kier alpha value is -0.300. The molecule has 0 aromatic carbocycles. The van der Waals surface area contributed by atoms with Crippen molar-refractivity contribution in [3.63, 3.8) is 0 Å². The molecular formula is C10H19N. The summed E-state index contributed by atoms with van der Waals surface area (Å²) < 4.78 is 0. The van der Waals surface area contributed by atoms with Crippen LogP contribution in [0.2, 0.25) is 0 Å². The molecule has 0 spiro atoms. The third-order valence-electron chi connectivity index (χ3n) is 2.36. The number of nitrogens with zero attached hydrogens (tertiary/aromatic N) is 1. The zero-order valence-electron chi connectivity index (χ0n) is 7.93. The fourth-order valence-corrected chi connectivity index (χ4v) is 1.63. The van der Waals surface area contributed by atoms with Crippen LogP contribution in [-0.4, -0.2) is 24.5 Å². The van der Waals surface area contributed by atoms with Gasteiger partial charge in [0.1, 0.15) is 0 Å². The van der Waals surface area contributed by atoms with E-state index >= 15 is 0 Å². The van der Waals surface area contributed by atoms with Crippen LogP contribution in [0.15, 0.2) is 12.2 Å². The van der Waals surface area contributed by atoms with Crippen molar-refractivity contribution in [3.8, 4) is 0 Å². The molecule has 1 fully saturated rings. The van der Waals surface area contributed by atoms with Gasteiger partial charge in [-0.1, -0.05) is 26.0 Å². The average molecular weight is 153 g/mol. The minimum Gasteiger partial charge on any atom is -0.299 e. The molecule has 11 heavy (non-hydrogen) atoms. The van der Waals surface area contributed by atoms with E-state index in [4.69, 9.17) is 0 Å². The lowest BCUT2D eigenvalue weighted by atomic mass is 9.93. The molecule has 0 bridgehead atoms. The number of rotatable bonds is 2. The van der Waals surface area contributed by atoms with E-state index in [2.05, 4.69) is 37.8 Å². The van der Waals surface area contributed by atoms with Crippen molar-refractivity contribution in [2.45, 2.75) is 27.2 Å². The van der Waals surface area contributed by atoms with Crippen LogP contribution in [0.4, 0.5) is 0 Å². The van der Waals surface area contributed by atoms with Gasteiger partial charge in [-0.2, -0.15) is 0 Å². The van der Waals surface area contributed by atoms with Gasteiger partial charge in [-0.05, 0) is 25.3 Å². The molecule has 0 saturated carbocycles. The fraction of sp³-hybridized carbons (Fsp3) is 0.800. The van der Waals surface area contributed by atoms with Gasteiger partial charge in [-0.15, -0.1) is 0 Å². The summed E-state index contributed by atoms with van der Waals surface area (Å²) in [5, 5.41) is 0. The van der Waals surface area contributed by atoms with Gasteiger partial charge in [0.2, 0.25) is 0 Å². The maximum Gasteiger partial charge on any atom is 0.0163 e. The Morgan fingerprint density at radius 2 is 2.18 bits per heavy atom. The van der Waals surface area contributed by atoms with E-state index in [0.717, 1.165) is 6.54 Å². The van der Waals surface area contributed by atoms with Crippen molar-refractivity contribution in [1.29, 1.82) is 0 Å². The molecule has 64 valence electrons. The monoisotopic (exact) mass is 153 g/mol. The first-order valence-electron chi connectivity index (χ1n) is 4.47. The van der Waals surface area contributed by atoms with Crippen LogP contribution in [0.3, 0.4) is 0 Å². The summed E-state index contributed by atoms with van der Waals surface area (Å²) >= 11 is 0. The highest BCUT2D eigenvalue weighted by molar-refractivity contribution is 4.88. The molecule has 0 aliphatic carbocycles. The van der Waals surface area contributed by atoms with Crippen molar-refractivity contribution >= 4 is 0 Å². The van der Waals surface area contributed by atoms with E-state index in [-0.39, 0.29) is 0 Å². The van der Waals surface area contributed by atoms with E-state index in [1.165, 1.54) is 19.5 Å². The fourth-order valence-electron chi connectivity index (χ4n) is 1.63. The minimum atomic E-state index is 0.557. The lowest BCUT2D eigenvalue weighted by Crippen LogP contribution is -2.23. The van der Waals surface area contributed by atoms with Crippen molar-refractivity contribution in [2.75, 3.05) is 19.6 Å². The lowest BCUT2D eigenvalue weighted by molar-refractivity contribution is 0.314. The molecule has 1 aliphatic rings. The van der Waals surface area contributed by atoms with Gasteiger partial charge < -0.3 is 0 Å². The lowest BCUT2D eigenvalue weighted by Gasteiger charge is -2.17. The third kappa shape index (κ3) is 2.66. The van der Waals surface area contributed by atoms with Crippen LogP contribution in [0, 0.1) is 5.41 Å². The zero-order valence-corrected chi connectivity index (χ0v) is 7.93. The summed E-state index contributed by atoms with van der Waals surface area (Å²) in [6, 6.07) is 0. The molecule has 0 N–H and O–H groups in total. The van der Waals surface area contributed by atoms with E-state index in [1.807, 2.05) is 0 Å². The van der Waals surface area contributed by atoms with Crippen molar-refractivity contribution in [1.82, 2.24) is 4.90 Å². The van der Waals surface area contributed by atoms with E-state index in [1.54, 1.807) is 0 Å². The first-order chi connectivity index (χ1) is 5.14. The SMILES string of the molecule is C/C=C/CN1CCC(C)(C)C1. The van der Waals surface area contributed by atoms with Crippen LogP contribution >= 0.6 is 0 Å². The number of hydrogen-bond acceptors (Lipinski definition) is 1. The number of likely N-dealkylation sites (tertiary alicyclic amines) is 1. The smallest absolute Gasteiger partial charge is 0.0163 e. The normalized spacial score (nSPS) is 25.0. The Morgan fingerprint density at radius 3 is 2.64 bits per heavy atom. The first-order valence-corrected chi connectivity index (χ1v) is 4.47. The molecule has 0 radical (unpaired) electrons. The van der Waals surface area contributed by atoms with Crippen molar-refractivity contribution in [3.05, 3.63) is 12.2 Å². The van der Waals surface area contributed by atoms with Crippen LogP contribution in [0.1, 0.15) is 27.2 Å². The highest BCUT2D eigenvalue weighted by Gasteiger charge is 2.27. The quantitative estimate of drug-likeness (QED) is 0.550. The molecule has 0 aromatic heterocycles. The van der Waals surface area contributed by atoms with E-state index in [0.29, 0.717) is 5.41 Å². The Morgan fingerprint density at radius 1 is 1.45 bits per heavy atom. The van der Waals surface area contributed by atoms with Gasteiger partial charge >= 0.3 is 0 Å². The molecule has 0 amide bonds. The third-order valence-corrected chi connectivity index (χ3v) is 2.36. The number of hydrogen-bond donors (Lipinski definition) is 0. The highest BCUT2D eigenvalue weighted by Crippen LogP contribution is 2.28. The molecule has 0 atom stereocenters. The summed E-state index contributed by atoms with van der Waals surface area (Å²) in [6.45, 7) is 10.5. The van der Waals surface area contributed by atoms with Gasteiger partial charge in [0.15, 0.2) is 0 Å². The van der Waals surface area contributed by atoms with Crippen LogP contribution in [0.5, 0.6) is 0 Å². The summed E-state index contributed by atoms with van der Waals surface area (Å²) in [5.41, 5.74) is 0.557. The van der Waals surface area contributed by atoms with Gasteiger partial charge in [0.05, 0.1) is 0 Å². The minimum absolute atomic E-state index is 0.557. The van der Waals surface area contributed by atoms with E-state index in [9.17, 15) is 0 Å². The summed E-state index contributed by atoms with van der Waals surface area (Å²) in [6.07, 6.45) is 5.72. The predicted molar refractivity (Wildman–Crippen MR) is 49.7 cm³/mol. The molecule has 0 aromatic rings. The maximum absolute atomic E-state index is 2.51. The second-order valence-corrected chi connectivity index (χ2v) is 4.22. The Labute approximate surface area is 70.1 Å². The van der Waals surface area contributed by atoms with Gasteiger partial charge in [0.25, 0.3) is 0 Å². The Balaban J connectivity index is 2.30. The summed E-state index contributed by atoms with van der Waals surface area (Å²) in [7, 11) is 0. The zero-order chi connectivity index (χ0) is 8.32. The van der Waals surface area contributed by atoms with Gasteiger partial charge in [0, 0.05) is 13.1 Å². The largest absolute Gasteiger partial charge is 0.299 e. The maximum atomic E-state index is 2.51. The topological polar surface area (TPSA) is 3.24 Å². The second-order valence-electron chi connectivity index (χ2n) is 4.22. The molecule has 1 heteroatoms. The molecule has 1 aliphatic heterocycles. The summed E-state index contributed by atoms with van der Waals surface area (Å²) in [5.74, 6) is 0. The van der Waals surface area contributed by atoms with Crippen LogP contribution in [0.25, 0.3) is 0 Å². The van der Waals surface area contributed by atoms with Crippen molar-refractivity contribution < 1.29 is 0 Å². The van der Waals surface area contributed by atoms with Crippen molar-refractivity contribution in [2.24, 2.45) is 5.41 Å². The second kappa shape index (κ2) is 3.40. The molecule has 0 unspecified atom stereocenters. The molecule has 1 heterocycles. The standard InChI is InChI=1S/C10H19N/c1-4-5-7-11-8-6-10(2,3)9-11/h4-5H,6-9H2,1-3H3/b5-4+. The van der Waals surface area contributed by atoms with Gasteiger partial charge in [-0.25, -0.2) is 0 Å². The highest BCUT2D eigenvalue weighted by atomic mass is 15.1. The van der Waals surface area contributed by atoms with Gasteiger partial charge in [-0.3, -0.25) is 4.90 Å². The first kappa shape index (κ1) is 8.79. The Kier molecular flexibility index (Phi) is 2.72. The summed E-state index contributed by atoms with van der Waals surface area (Å²) in [4.78, 5) is 2.51.